The van der Waals surface area contributed by atoms with Gasteiger partial charge in [0.1, 0.15) is 5.75 Å². The monoisotopic (exact) mass is 398 g/mol. The van der Waals surface area contributed by atoms with Crippen LogP contribution in [0, 0.1) is 5.92 Å². The molecule has 1 aromatic rings. The number of nitrogens with one attached hydrogen (secondary N) is 1. The molecular weight excluding hydrogens is 368 g/mol. The Bertz CT molecular complexity index is 703. The molecule has 2 rings (SSSR count). The predicted octanol–water partition coefficient (Wildman–Crippen LogP) is 2.03. The Hall–Kier alpha value is -1.64. The number of ether oxygens (including phenoxy) is 2. The van der Waals surface area contributed by atoms with E-state index < -0.39 is 10.0 Å². The average Bonchev–Trinajstić information content (AvgIpc) is 2.67. The first-order valence-electron chi connectivity index (χ1n) is 9.38. The molecule has 1 heterocycles. The van der Waals surface area contributed by atoms with Crippen molar-refractivity contribution in [2.24, 2.45) is 5.92 Å². The van der Waals surface area contributed by atoms with Gasteiger partial charge in [-0.3, -0.25) is 4.79 Å². The summed E-state index contributed by atoms with van der Waals surface area (Å²) in [6, 6.07) is 6.32. The summed E-state index contributed by atoms with van der Waals surface area (Å²) >= 11 is 0. The first kappa shape index (κ1) is 21.7. The lowest BCUT2D eigenvalue weighted by atomic mass is 9.99. The first-order valence-corrected chi connectivity index (χ1v) is 10.8. The van der Waals surface area contributed by atoms with Gasteiger partial charge < -0.3 is 14.8 Å². The summed E-state index contributed by atoms with van der Waals surface area (Å²) < 4.78 is 37.6. The molecule has 0 spiro atoms. The molecule has 8 heteroatoms. The van der Waals surface area contributed by atoms with Gasteiger partial charge in [-0.15, -0.1) is 0 Å². The Kier molecular flexibility index (Phi) is 8.07. The summed E-state index contributed by atoms with van der Waals surface area (Å²) in [6.07, 6.45) is 2.29. The first-order chi connectivity index (χ1) is 12.8. The van der Waals surface area contributed by atoms with Gasteiger partial charge in [0.05, 0.1) is 24.0 Å². The van der Waals surface area contributed by atoms with E-state index in [0.29, 0.717) is 38.3 Å². The van der Waals surface area contributed by atoms with Crippen molar-refractivity contribution in [3.8, 4) is 5.75 Å². The van der Waals surface area contributed by atoms with Crippen LogP contribution in [0.15, 0.2) is 29.2 Å². The summed E-state index contributed by atoms with van der Waals surface area (Å²) in [4.78, 5) is 12.6. The number of methoxy groups -OCH3 is 1. The van der Waals surface area contributed by atoms with E-state index in [4.69, 9.17) is 9.47 Å². The van der Waals surface area contributed by atoms with Crippen molar-refractivity contribution in [1.82, 2.24) is 9.62 Å². The van der Waals surface area contributed by atoms with Gasteiger partial charge in [0, 0.05) is 26.2 Å². The molecule has 1 fully saturated rings. The van der Waals surface area contributed by atoms with E-state index in [1.54, 1.807) is 12.1 Å². The van der Waals surface area contributed by atoms with Crippen LogP contribution in [0.2, 0.25) is 0 Å². The second kappa shape index (κ2) is 10.1. The fourth-order valence-electron chi connectivity index (χ4n) is 3.02. The summed E-state index contributed by atoms with van der Waals surface area (Å²) in [5.74, 6) is 0.193. The van der Waals surface area contributed by atoms with Crippen LogP contribution in [-0.4, -0.2) is 58.1 Å². The summed E-state index contributed by atoms with van der Waals surface area (Å²) in [7, 11) is -2.08. The highest BCUT2D eigenvalue weighted by atomic mass is 32.2. The lowest BCUT2D eigenvalue weighted by Crippen LogP contribution is -2.45. The highest BCUT2D eigenvalue weighted by molar-refractivity contribution is 7.89. The number of hydrogen-bond acceptors (Lipinski definition) is 5. The van der Waals surface area contributed by atoms with Crippen molar-refractivity contribution in [3.05, 3.63) is 24.3 Å². The minimum absolute atomic E-state index is 0.0887. The maximum Gasteiger partial charge on any atom is 0.243 e. The number of nitrogens with zero attached hydrogens (tertiary/aromatic N) is 1. The molecule has 1 saturated heterocycles. The van der Waals surface area contributed by atoms with Crippen molar-refractivity contribution in [1.29, 1.82) is 0 Å². The number of piperidine rings is 1. The SMILES string of the molecule is COc1ccc(S(=O)(=O)N2CCCC(C(=O)NCCCOC(C)C)C2)cc1. The number of hydrogen-bond donors (Lipinski definition) is 1. The van der Waals surface area contributed by atoms with Gasteiger partial charge in [0.25, 0.3) is 0 Å². The minimum Gasteiger partial charge on any atom is -0.497 e. The predicted molar refractivity (Wildman–Crippen MR) is 103 cm³/mol. The zero-order valence-electron chi connectivity index (χ0n) is 16.3. The third kappa shape index (κ3) is 6.19. The van der Waals surface area contributed by atoms with Crippen molar-refractivity contribution in [3.63, 3.8) is 0 Å². The Morgan fingerprint density at radius 2 is 2.00 bits per heavy atom. The van der Waals surface area contributed by atoms with Crippen LogP contribution in [0.25, 0.3) is 0 Å². The number of amides is 1. The topological polar surface area (TPSA) is 84.9 Å². The van der Waals surface area contributed by atoms with Crippen molar-refractivity contribution < 1.29 is 22.7 Å². The lowest BCUT2D eigenvalue weighted by molar-refractivity contribution is -0.126. The van der Waals surface area contributed by atoms with E-state index in [1.807, 2.05) is 13.8 Å². The standard InChI is InChI=1S/C19H30N2O5S/c1-15(2)26-13-5-11-20-19(22)16-6-4-12-21(14-16)27(23,24)18-9-7-17(25-3)8-10-18/h7-10,15-16H,4-6,11-14H2,1-3H3,(H,20,22). The van der Waals surface area contributed by atoms with Crippen LogP contribution >= 0.6 is 0 Å². The van der Waals surface area contributed by atoms with Crippen LogP contribution < -0.4 is 10.1 Å². The molecule has 1 N–H and O–H groups in total. The van der Waals surface area contributed by atoms with Crippen molar-refractivity contribution >= 4 is 15.9 Å². The van der Waals surface area contributed by atoms with Gasteiger partial charge in [-0.2, -0.15) is 4.31 Å². The van der Waals surface area contributed by atoms with Crippen LogP contribution in [0.4, 0.5) is 0 Å². The second-order valence-electron chi connectivity index (χ2n) is 6.94. The largest absolute Gasteiger partial charge is 0.497 e. The fourth-order valence-corrected chi connectivity index (χ4v) is 4.54. The third-order valence-corrected chi connectivity index (χ3v) is 6.40. The number of carbonyl (C=O) groups excluding carboxylic acids is 1. The van der Waals surface area contributed by atoms with Gasteiger partial charge in [0.15, 0.2) is 0 Å². The van der Waals surface area contributed by atoms with Crippen LogP contribution in [0.5, 0.6) is 5.75 Å². The van der Waals surface area contributed by atoms with Gasteiger partial charge in [-0.05, 0) is 57.4 Å². The summed E-state index contributed by atoms with van der Waals surface area (Å²) in [5.41, 5.74) is 0. The Morgan fingerprint density at radius 1 is 1.30 bits per heavy atom. The molecule has 0 aliphatic carbocycles. The molecule has 27 heavy (non-hydrogen) atoms. The van der Waals surface area contributed by atoms with Gasteiger partial charge in [-0.25, -0.2) is 8.42 Å². The number of rotatable bonds is 9. The Balaban J connectivity index is 1.91. The number of benzene rings is 1. The third-order valence-electron chi connectivity index (χ3n) is 4.52. The highest BCUT2D eigenvalue weighted by Gasteiger charge is 2.33. The molecule has 1 atom stereocenters. The van der Waals surface area contributed by atoms with E-state index in [0.717, 1.165) is 6.42 Å². The molecule has 0 radical (unpaired) electrons. The molecule has 0 saturated carbocycles. The van der Waals surface area contributed by atoms with E-state index in [1.165, 1.54) is 23.5 Å². The van der Waals surface area contributed by atoms with E-state index in [9.17, 15) is 13.2 Å². The van der Waals surface area contributed by atoms with Crippen LogP contribution in [0.1, 0.15) is 33.1 Å². The molecular formula is C19H30N2O5S. The summed E-state index contributed by atoms with van der Waals surface area (Å²) in [6.45, 7) is 5.72. The van der Waals surface area contributed by atoms with Crippen molar-refractivity contribution in [2.45, 2.75) is 44.1 Å². The van der Waals surface area contributed by atoms with E-state index in [2.05, 4.69) is 5.32 Å². The normalized spacial score (nSPS) is 18.4. The quantitative estimate of drug-likeness (QED) is 0.644. The molecule has 152 valence electrons. The maximum absolute atomic E-state index is 12.9. The summed E-state index contributed by atoms with van der Waals surface area (Å²) in [5, 5.41) is 2.90. The molecule has 0 aromatic heterocycles. The van der Waals surface area contributed by atoms with Crippen LogP contribution in [0.3, 0.4) is 0 Å². The highest BCUT2D eigenvalue weighted by Crippen LogP contribution is 2.25. The van der Waals surface area contributed by atoms with E-state index in [-0.39, 0.29) is 29.4 Å². The van der Waals surface area contributed by atoms with Gasteiger partial charge in [0.2, 0.25) is 15.9 Å². The van der Waals surface area contributed by atoms with E-state index >= 15 is 0 Å². The molecule has 1 unspecified atom stereocenters. The molecule has 1 amide bonds. The number of sulfonamides is 1. The number of carbonyl (C=O) groups is 1. The molecule has 7 nitrogen and oxygen atoms in total. The Morgan fingerprint density at radius 3 is 2.63 bits per heavy atom. The lowest BCUT2D eigenvalue weighted by Gasteiger charge is -2.31. The molecule has 1 aromatic carbocycles. The zero-order valence-corrected chi connectivity index (χ0v) is 17.1. The fraction of sp³-hybridized carbons (Fsp3) is 0.632. The van der Waals surface area contributed by atoms with Crippen molar-refractivity contribution in [2.75, 3.05) is 33.4 Å². The Labute approximate surface area is 162 Å². The second-order valence-corrected chi connectivity index (χ2v) is 8.88. The van der Waals surface area contributed by atoms with Crippen LogP contribution in [-0.2, 0) is 19.6 Å². The molecule has 1 aliphatic heterocycles. The minimum atomic E-state index is -3.61. The smallest absolute Gasteiger partial charge is 0.243 e. The average molecular weight is 399 g/mol. The van der Waals surface area contributed by atoms with Gasteiger partial charge in [-0.1, -0.05) is 0 Å². The molecule has 0 bridgehead atoms. The maximum atomic E-state index is 12.9. The zero-order chi connectivity index (χ0) is 19.9. The van der Waals surface area contributed by atoms with Gasteiger partial charge >= 0.3 is 0 Å². The molecule has 1 aliphatic rings.